The molecule has 0 aliphatic heterocycles. The zero-order valence-corrected chi connectivity index (χ0v) is 18.2. The molecule has 8 heteroatoms. The van der Waals surface area contributed by atoms with Gasteiger partial charge in [-0.2, -0.15) is 0 Å². The van der Waals surface area contributed by atoms with Crippen molar-refractivity contribution >= 4 is 23.6 Å². The monoisotopic (exact) mass is 434 g/mol. The first-order valence-corrected chi connectivity index (χ1v) is 10.2. The Balaban J connectivity index is 1.69. The van der Waals surface area contributed by atoms with E-state index >= 15 is 0 Å². The molecule has 0 bridgehead atoms. The van der Waals surface area contributed by atoms with Gasteiger partial charge >= 0.3 is 12.1 Å². The van der Waals surface area contributed by atoms with E-state index in [0.717, 1.165) is 11.1 Å². The topological polar surface area (TPSA) is 113 Å². The number of benzene rings is 2. The van der Waals surface area contributed by atoms with Crippen molar-refractivity contribution < 1.29 is 19.4 Å². The molecule has 3 rings (SSSR count). The van der Waals surface area contributed by atoms with Crippen LogP contribution in [-0.4, -0.2) is 38.8 Å². The van der Waals surface area contributed by atoms with Crippen LogP contribution in [0.4, 0.5) is 16.3 Å². The van der Waals surface area contributed by atoms with E-state index in [4.69, 9.17) is 4.74 Å². The SMILES string of the molecule is CC(C)(C)OC(=O)Nc1ccc(-c2cc(NC(Cc3ccccc3)C(=O)O)ncn2)cc1. The van der Waals surface area contributed by atoms with Crippen LogP contribution in [0.2, 0.25) is 0 Å². The van der Waals surface area contributed by atoms with Gasteiger partial charge in [-0.3, -0.25) is 5.32 Å². The van der Waals surface area contributed by atoms with Crippen LogP contribution >= 0.6 is 0 Å². The van der Waals surface area contributed by atoms with Crippen molar-refractivity contribution in [3.8, 4) is 11.3 Å². The van der Waals surface area contributed by atoms with Gasteiger partial charge in [-0.1, -0.05) is 42.5 Å². The molecule has 0 aliphatic rings. The Bertz CT molecular complexity index is 1060. The lowest BCUT2D eigenvalue weighted by molar-refractivity contribution is -0.137. The number of aliphatic carboxylic acids is 1. The average Bonchev–Trinajstić information content (AvgIpc) is 2.73. The number of carbonyl (C=O) groups is 2. The van der Waals surface area contributed by atoms with Crippen molar-refractivity contribution in [3.63, 3.8) is 0 Å². The highest BCUT2D eigenvalue weighted by Crippen LogP contribution is 2.22. The number of carboxylic acids is 1. The summed E-state index contributed by atoms with van der Waals surface area (Å²) in [7, 11) is 0. The van der Waals surface area contributed by atoms with E-state index in [1.165, 1.54) is 6.33 Å². The van der Waals surface area contributed by atoms with E-state index < -0.39 is 23.7 Å². The van der Waals surface area contributed by atoms with Gasteiger partial charge < -0.3 is 15.2 Å². The lowest BCUT2D eigenvalue weighted by atomic mass is 10.1. The van der Waals surface area contributed by atoms with Crippen LogP contribution in [-0.2, 0) is 16.0 Å². The molecule has 3 aromatic rings. The van der Waals surface area contributed by atoms with Gasteiger partial charge in [-0.05, 0) is 38.5 Å². The van der Waals surface area contributed by atoms with E-state index in [0.29, 0.717) is 23.6 Å². The maximum absolute atomic E-state index is 11.9. The molecule has 32 heavy (non-hydrogen) atoms. The first-order chi connectivity index (χ1) is 15.2. The molecule has 1 atom stereocenters. The second-order valence-electron chi connectivity index (χ2n) is 8.22. The minimum atomic E-state index is -0.966. The fraction of sp³-hybridized carbons (Fsp3) is 0.250. The fourth-order valence-corrected chi connectivity index (χ4v) is 2.97. The Hall–Kier alpha value is -3.94. The predicted octanol–water partition coefficient (Wildman–Crippen LogP) is 4.60. The van der Waals surface area contributed by atoms with Crippen molar-refractivity contribution in [1.82, 2.24) is 9.97 Å². The third kappa shape index (κ3) is 6.80. The highest BCUT2D eigenvalue weighted by atomic mass is 16.6. The fourth-order valence-electron chi connectivity index (χ4n) is 2.97. The van der Waals surface area contributed by atoms with Gasteiger partial charge in [-0.25, -0.2) is 19.6 Å². The van der Waals surface area contributed by atoms with Crippen LogP contribution in [0.5, 0.6) is 0 Å². The van der Waals surface area contributed by atoms with E-state index in [2.05, 4.69) is 20.6 Å². The summed E-state index contributed by atoms with van der Waals surface area (Å²) in [5, 5.41) is 15.3. The number of rotatable bonds is 7. The Morgan fingerprint density at radius 1 is 1.03 bits per heavy atom. The summed E-state index contributed by atoms with van der Waals surface area (Å²) in [6, 6.07) is 17.3. The number of nitrogens with one attached hydrogen (secondary N) is 2. The molecule has 3 N–H and O–H groups in total. The molecule has 0 aliphatic carbocycles. The smallest absolute Gasteiger partial charge is 0.412 e. The summed E-state index contributed by atoms with van der Waals surface area (Å²) in [5.74, 6) is -0.555. The van der Waals surface area contributed by atoms with Gasteiger partial charge in [0.25, 0.3) is 0 Å². The van der Waals surface area contributed by atoms with Gasteiger partial charge in [0, 0.05) is 23.7 Å². The molecule has 1 amide bonds. The summed E-state index contributed by atoms with van der Waals surface area (Å²) >= 11 is 0. The highest BCUT2D eigenvalue weighted by Gasteiger charge is 2.19. The standard InChI is InChI=1S/C24H26N4O4/c1-24(2,3)32-23(31)27-18-11-9-17(10-12-18)19-14-21(26-15-25-19)28-20(22(29)30)13-16-7-5-4-6-8-16/h4-12,14-15,20H,13H2,1-3H3,(H,27,31)(H,29,30)(H,25,26,28). The molecule has 1 unspecified atom stereocenters. The number of anilines is 2. The molecule has 8 nitrogen and oxygen atoms in total. The zero-order chi connectivity index (χ0) is 23.1. The number of aromatic nitrogens is 2. The Kier molecular flexibility index (Phi) is 7.04. The largest absolute Gasteiger partial charge is 0.480 e. The number of ether oxygens (including phenoxy) is 1. The quantitative estimate of drug-likeness (QED) is 0.498. The molecule has 0 spiro atoms. The first kappa shape index (κ1) is 22.7. The molecule has 0 saturated carbocycles. The van der Waals surface area contributed by atoms with Gasteiger partial charge in [-0.15, -0.1) is 0 Å². The Morgan fingerprint density at radius 3 is 2.34 bits per heavy atom. The molecule has 0 saturated heterocycles. The molecular formula is C24H26N4O4. The number of hydrogen-bond acceptors (Lipinski definition) is 6. The minimum absolute atomic E-state index is 0.320. The second-order valence-corrected chi connectivity index (χ2v) is 8.22. The molecule has 1 aromatic heterocycles. The average molecular weight is 434 g/mol. The lowest BCUT2D eigenvalue weighted by Crippen LogP contribution is -2.31. The number of nitrogens with zero attached hydrogens (tertiary/aromatic N) is 2. The van der Waals surface area contributed by atoms with Crippen molar-refractivity contribution in [2.75, 3.05) is 10.6 Å². The van der Waals surface area contributed by atoms with E-state index in [9.17, 15) is 14.7 Å². The van der Waals surface area contributed by atoms with Crippen LogP contribution in [0, 0.1) is 0 Å². The van der Waals surface area contributed by atoms with E-state index in [1.807, 2.05) is 30.3 Å². The van der Waals surface area contributed by atoms with Crippen LogP contribution in [0.15, 0.2) is 67.0 Å². The maximum atomic E-state index is 11.9. The first-order valence-electron chi connectivity index (χ1n) is 10.2. The van der Waals surface area contributed by atoms with E-state index in [1.54, 1.807) is 51.1 Å². The number of hydrogen-bond donors (Lipinski definition) is 3. The summed E-state index contributed by atoms with van der Waals surface area (Å²) in [5.41, 5.74) is 2.33. The van der Waals surface area contributed by atoms with Gasteiger partial charge in [0.05, 0.1) is 5.69 Å². The molecule has 2 aromatic carbocycles. The summed E-state index contributed by atoms with van der Waals surface area (Å²) in [6.07, 6.45) is 1.17. The Labute approximate surface area is 186 Å². The summed E-state index contributed by atoms with van der Waals surface area (Å²) in [6.45, 7) is 5.39. The van der Waals surface area contributed by atoms with E-state index in [-0.39, 0.29) is 0 Å². The summed E-state index contributed by atoms with van der Waals surface area (Å²) < 4.78 is 5.24. The van der Waals surface area contributed by atoms with Gasteiger partial charge in [0.1, 0.15) is 23.8 Å². The predicted molar refractivity (Wildman–Crippen MR) is 123 cm³/mol. The van der Waals surface area contributed by atoms with Gasteiger partial charge in [0.2, 0.25) is 0 Å². The molecule has 1 heterocycles. The number of carbonyl (C=O) groups excluding carboxylic acids is 1. The van der Waals surface area contributed by atoms with Crippen molar-refractivity contribution in [2.24, 2.45) is 0 Å². The molecule has 166 valence electrons. The van der Waals surface area contributed by atoms with Crippen LogP contribution < -0.4 is 10.6 Å². The minimum Gasteiger partial charge on any atom is -0.480 e. The third-order valence-electron chi connectivity index (χ3n) is 4.40. The van der Waals surface area contributed by atoms with Gasteiger partial charge in [0.15, 0.2) is 0 Å². The van der Waals surface area contributed by atoms with Crippen molar-refractivity contribution in [3.05, 3.63) is 72.6 Å². The summed E-state index contributed by atoms with van der Waals surface area (Å²) in [4.78, 5) is 32.1. The molecule has 0 fully saturated rings. The van der Waals surface area contributed by atoms with Crippen LogP contribution in [0.25, 0.3) is 11.3 Å². The number of carboxylic acid groups (broad SMARTS) is 1. The maximum Gasteiger partial charge on any atom is 0.412 e. The highest BCUT2D eigenvalue weighted by molar-refractivity contribution is 5.85. The van der Waals surface area contributed by atoms with Crippen molar-refractivity contribution in [2.45, 2.75) is 38.8 Å². The number of amides is 1. The second kappa shape index (κ2) is 9.91. The zero-order valence-electron chi connectivity index (χ0n) is 18.2. The lowest BCUT2D eigenvalue weighted by Gasteiger charge is -2.19. The third-order valence-corrected chi connectivity index (χ3v) is 4.40. The van der Waals surface area contributed by atoms with Crippen LogP contribution in [0.3, 0.4) is 0 Å². The Morgan fingerprint density at radius 2 is 1.72 bits per heavy atom. The van der Waals surface area contributed by atoms with Crippen molar-refractivity contribution in [1.29, 1.82) is 0 Å². The molecular weight excluding hydrogens is 408 g/mol. The van der Waals surface area contributed by atoms with Crippen LogP contribution in [0.1, 0.15) is 26.3 Å². The normalized spacial score (nSPS) is 12.0. The molecule has 0 radical (unpaired) electrons.